The van der Waals surface area contributed by atoms with Crippen LogP contribution in [-0.4, -0.2) is 13.0 Å². The third-order valence-electron chi connectivity index (χ3n) is 1.77. The molecule has 0 bridgehead atoms. The zero-order valence-electron chi connectivity index (χ0n) is 8.13. The summed E-state index contributed by atoms with van der Waals surface area (Å²) >= 11 is 5.82. The fourth-order valence-electron chi connectivity index (χ4n) is 1.11. The second-order valence-electron chi connectivity index (χ2n) is 2.87. The van der Waals surface area contributed by atoms with Crippen LogP contribution >= 0.6 is 11.6 Å². The van der Waals surface area contributed by atoms with Gasteiger partial charge in [0.05, 0.1) is 7.11 Å². The second-order valence-corrected chi connectivity index (χ2v) is 3.30. The quantitative estimate of drug-likeness (QED) is 0.834. The molecule has 0 radical (unpaired) electrons. The van der Waals surface area contributed by atoms with Gasteiger partial charge in [0, 0.05) is 24.1 Å². The zero-order valence-corrected chi connectivity index (χ0v) is 8.89. The molecule has 3 nitrogen and oxygen atoms in total. The number of methoxy groups -OCH3 is 1. The fraction of sp³-hybridized carbons (Fsp3) is 0.300. The van der Waals surface area contributed by atoms with Crippen molar-refractivity contribution in [3.63, 3.8) is 0 Å². The third-order valence-corrected chi connectivity index (χ3v) is 2.01. The van der Waals surface area contributed by atoms with Crippen molar-refractivity contribution < 1.29 is 9.53 Å². The van der Waals surface area contributed by atoms with E-state index >= 15 is 0 Å². The van der Waals surface area contributed by atoms with Crippen molar-refractivity contribution in [1.82, 2.24) is 5.32 Å². The highest BCUT2D eigenvalue weighted by Gasteiger charge is 2.03. The Morgan fingerprint density at radius 1 is 1.57 bits per heavy atom. The highest BCUT2D eigenvalue weighted by atomic mass is 35.5. The van der Waals surface area contributed by atoms with E-state index in [1.54, 1.807) is 25.3 Å². The minimum absolute atomic E-state index is 0.0768. The van der Waals surface area contributed by atoms with Crippen LogP contribution in [0.15, 0.2) is 18.2 Å². The minimum atomic E-state index is -0.0768. The lowest BCUT2D eigenvalue weighted by Crippen LogP contribution is -2.19. The molecular formula is C10H12ClNO2. The number of ether oxygens (including phenoxy) is 1. The summed E-state index contributed by atoms with van der Waals surface area (Å²) in [5, 5.41) is 3.32. The van der Waals surface area contributed by atoms with Gasteiger partial charge in [0.2, 0.25) is 5.91 Å². The number of amides is 1. The van der Waals surface area contributed by atoms with Crippen LogP contribution in [0.1, 0.15) is 12.5 Å². The van der Waals surface area contributed by atoms with Gasteiger partial charge in [0.25, 0.3) is 0 Å². The first-order valence-electron chi connectivity index (χ1n) is 4.20. The maximum Gasteiger partial charge on any atom is 0.217 e. The highest BCUT2D eigenvalue weighted by molar-refractivity contribution is 6.30. The number of hydrogen-bond acceptors (Lipinski definition) is 2. The van der Waals surface area contributed by atoms with Gasteiger partial charge in [-0.1, -0.05) is 11.6 Å². The normalized spacial score (nSPS) is 9.64. The van der Waals surface area contributed by atoms with Crippen LogP contribution in [0.3, 0.4) is 0 Å². The van der Waals surface area contributed by atoms with E-state index in [-0.39, 0.29) is 5.91 Å². The second kappa shape index (κ2) is 4.86. The summed E-state index contributed by atoms with van der Waals surface area (Å²) in [6.07, 6.45) is 0. The molecule has 0 heterocycles. The summed E-state index contributed by atoms with van der Waals surface area (Å²) in [5.74, 6) is 0.648. The van der Waals surface area contributed by atoms with Crippen LogP contribution in [0.4, 0.5) is 0 Å². The van der Waals surface area contributed by atoms with E-state index in [1.807, 2.05) is 0 Å². The molecule has 14 heavy (non-hydrogen) atoms. The first kappa shape index (κ1) is 10.9. The lowest BCUT2D eigenvalue weighted by molar-refractivity contribution is -0.119. The van der Waals surface area contributed by atoms with Crippen molar-refractivity contribution in [3.8, 4) is 5.75 Å². The molecular weight excluding hydrogens is 202 g/mol. The van der Waals surface area contributed by atoms with Crippen molar-refractivity contribution in [1.29, 1.82) is 0 Å². The van der Waals surface area contributed by atoms with Gasteiger partial charge in [-0.2, -0.15) is 0 Å². The SMILES string of the molecule is COc1ccc(Cl)cc1CNC(C)=O. The Labute approximate surface area is 88.0 Å². The van der Waals surface area contributed by atoms with Crippen molar-refractivity contribution in [3.05, 3.63) is 28.8 Å². The number of nitrogens with one attached hydrogen (secondary N) is 1. The molecule has 0 aliphatic carbocycles. The van der Waals surface area contributed by atoms with Crippen LogP contribution in [0.2, 0.25) is 5.02 Å². The van der Waals surface area contributed by atoms with Crippen molar-refractivity contribution in [2.75, 3.05) is 7.11 Å². The minimum Gasteiger partial charge on any atom is -0.496 e. The molecule has 76 valence electrons. The van der Waals surface area contributed by atoms with Crippen molar-refractivity contribution >= 4 is 17.5 Å². The lowest BCUT2D eigenvalue weighted by Gasteiger charge is -2.08. The summed E-state index contributed by atoms with van der Waals surface area (Å²) in [6, 6.07) is 5.30. The van der Waals surface area contributed by atoms with Gasteiger partial charge in [0.1, 0.15) is 5.75 Å². The van der Waals surface area contributed by atoms with Gasteiger partial charge in [-0.15, -0.1) is 0 Å². The molecule has 0 unspecified atom stereocenters. The van der Waals surface area contributed by atoms with Crippen molar-refractivity contribution in [2.45, 2.75) is 13.5 Å². The van der Waals surface area contributed by atoms with Gasteiger partial charge in [0.15, 0.2) is 0 Å². The van der Waals surface area contributed by atoms with E-state index < -0.39 is 0 Å². The average Bonchev–Trinajstić information content (AvgIpc) is 2.15. The Kier molecular flexibility index (Phi) is 3.77. The molecule has 0 saturated carbocycles. The average molecular weight is 214 g/mol. The fourth-order valence-corrected chi connectivity index (χ4v) is 1.30. The summed E-state index contributed by atoms with van der Waals surface area (Å²) in [6.45, 7) is 1.90. The maximum absolute atomic E-state index is 10.7. The number of benzene rings is 1. The summed E-state index contributed by atoms with van der Waals surface area (Å²) in [5.41, 5.74) is 0.871. The first-order valence-corrected chi connectivity index (χ1v) is 4.58. The van der Waals surface area contributed by atoms with Crippen LogP contribution in [-0.2, 0) is 11.3 Å². The molecule has 0 atom stereocenters. The molecule has 1 aromatic carbocycles. The van der Waals surface area contributed by atoms with Gasteiger partial charge in [-0.25, -0.2) is 0 Å². The topological polar surface area (TPSA) is 38.3 Å². The van der Waals surface area contributed by atoms with Gasteiger partial charge < -0.3 is 10.1 Å². The zero-order chi connectivity index (χ0) is 10.6. The summed E-state index contributed by atoms with van der Waals surface area (Å²) in [4.78, 5) is 10.7. The van der Waals surface area contributed by atoms with E-state index in [0.29, 0.717) is 11.6 Å². The van der Waals surface area contributed by atoms with E-state index in [0.717, 1.165) is 11.3 Å². The Balaban J connectivity index is 2.82. The molecule has 4 heteroatoms. The van der Waals surface area contributed by atoms with E-state index in [9.17, 15) is 4.79 Å². The number of rotatable bonds is 3. The Hall–Kier alpha value is -1.22. The number of carbonyl (C=O) groups excluding carboxylic acids is 1. The van der Waals surface area contributed by atoms with Gasteiger partial charge >= 0.3 is 0 Å². The molecule has 0 spiro atoms. The summed E-state index contributed by atoms with van der Waals surface area (Å²) in [7, 11) is 1.58. The monoisotopic (exact) mass is 213 g/mol. The molecule has 0 fully saturated rings. The predicted molar refractivity (Wildman–Crippen MR) is 55.5 cm³/mol. The standard InChI is InChI=1S/C10H12ClNO2/c1-7(13)12-6-8-5-9(11)3-4-10(8)14-2/h3-5H,6H2,1-2H3,(H,12,13). The van der Waals surface area contributed by atoms with Crippen molar-refractivity contribution in [2.24, 2.45) is 0 Å². The van der Waals surface area contributed by atoms with E-state index in [1.165, 1.54) is 6.92 Å². The Bertz CT molecular complexity index is 339. The third kappa shape index (κ3) is 2.92. The Morgan fingerprint density at radius 3 is 2.86 bits per heavy atom. The number of carbonyl (C=O) groups is 1. The van der Waals surface area contributed by atoms with Crippen LogP contribution in [0.5, 0.6) is 5.75 Å². The molecule has 0 aliphatic heterocycles. The van der Waals surface area contributed by atoms with E-state index in [2.05, 4.69) is 5.32 Å². The summed E-state index contributed by atoms with van der Waals surface area (Å²) < 4.78 is 5.12. The number of halogens is 1. The molecule has 0 aromatic heterocycles. The Morgan fingerprint density at radius 2 is 2.29 bits per heavy atom. The van der Waals surface area contributed by atoms with E-state index in [4.69, 9.17) is 16.3 Å². The molecule has 1 rings (SSSR count). The molecule has 0 saturated heterocycles. The molecule has 0 aliphatic rings. The van der Waals surface area contributed by atoms with Gasteiger partial charge in [-0.05, 0) is 18.2 Å². The first-order chi connectivity index (χ1) is 6.63. The van der Waals surface area contributed by atoms with Gasteiger partial charge in [-0.3, -0.25) is 4.79 Å². The van der Waals surface area contributed by atoms with Crippen LogP contribution in [0, 0.1) is 0 Å². The van der Waals surface area contributed by atoms with Crippen LogP contribution < -0.4 is 10.1 Å². The van der Waals surface area contributed by atoms with Crippen LogP contribution in [0.25, 0.3) is 0 Å². The number of hydrogen-bond donors (Lipinski definition) is 1. The largest absolute Gasteiger partial charge is 0.496 e. The highest BCUT2D eigenvalue weighted by Crippen LogP contribution is 2.22. The maximum atomic E-state index is 10.7. The molecule has 1 amide bonds. The molecule has 1 aromatic rings. The predicted octanol–water partition coefficient (Wildman–Crippen LogP) is 1.98. The molecule has 1 N–H and O–H groups in total. The smallest absolute Gasteiger partial charge is 0.217 e. The lowest BCUT2D eigenvalue weighted by atomic mass is 10.2.